The molecule has 0 saturated heterocycles. The van der Waals surface area contributed by atoms with Gasteiger partial charge in [0.15, 0.2) is 0 Å². The lowest BCUT2D eigenvalue weighted by Crippen LogP contribution is -2.41. The molecule has 0 amide bonds. The van der Waals surface area contributed by atoms with Crippen molar-refractivity contribution in [1.82, 2.24) is 0 Å². The van der Waals surface area contributed by atoms with E-state index in [2.05, 4.69) is 0 Å². The third-order valence-electron chi connectivity index (χ3n) is 2.87. The molecule has 0 aliphatic carbocycles. The molecule has 1 heterocycles. The standard InChI is InChI=1S/C11H14FNO2S/c1-8-3-4-9-7-10(12)5-6-11(9)13(8)16(2,14)15/h5-8H,3-4H2,1-2H3/t8-/m0/s1. The molecule has 88 valence electrons. The fraction of sp³-hybridized carbons (Fsp3) is 0.455. The first-order chi connectivity index (χ1) is 7.39. The zero-order valence-electron chi connectivity index (χ0n) is 9.27. The molecule has 3 nitrogen and oxygen atoms in total. The third-order valence-corrected chi connectivity index (χ3v) is 4.14. The van der Waals surface area contributed by atoms with Crippen LogP contribution < -0.4 is 4.31 Å². The number of hydrogen-bond acceptors (Lipinski definition) is 2. The van der Waals surface area contributed by atoms with Crippen molar-refractivity contribution >= 4 is 15.7 Å². The van der Waals surface area contributed by atoms with Crippen LogP contribution in [-0.2, 0) is 16.4 Å². The van der Waals surface area contributed by atoms with Crippen molar-refractivity contribution in [2.24, 2.45) is 0 Å². The van der Waals surface area contributed by atoms with E-state index in [4.69, 9.17) is 0 Å². The van der Waals surface area contributed by atoms with Crippen LogP contribution in [0.2, 0.25) is 0 Å². The highest BCUT2D eigenvalue weighted by Crippen LogP contribution is 2.32. The molecule has 0 spiro atoms. The van der Waals surface area contributed by atoms with Crippen LogP contribution in [0.25, 0.3) is 0 Å². The molecule has 5 heteroatoms. The van der Waals surface area contributed by atoms with Crippen molar-refractivity contribution in [3.63, 3.8) is 0 Å². The van der Waals surface area contributed by atoms with Crippen molar-refractivity contribution in [2.75, 3.05) is 10.6 Å². The lowest BCUT2D eigenvalue weighted by molar-refractivity contribution is 0.565. The van der Waals surface area contributed by atoms with Gasteiger partial charge in [0, 0.05) is 6.04 Å². The van der Waals surface area contributed by atoms with E-state index in [1.807, 2.05) is 6.92 Å². The van der Waals surface area contributed by atoms with Crippen LogP contribution in [0.1, 0.15) is 18.9 Å². The summed E-state index contributed by atoms with van der Waals surface area (Å²) in [5.74, 6) is -0.318. The van der Waals surface area contributed by atoms with Crippen LogP contribution in [0.15, 0.2) is 18.2 Å². The number of benzene rings is 1. The monoisotopic (exact) mass is 243 g/mol. The van der Waals surface area contributed by atoms with Gasteiger partial charge in [-0.1, -0.05) is 0 Å². The zero-order valence-corrected chi connectivity index (χ0v) is 10.1. The van der Waals surface area contributed by atoms with E-state index >= 15 is 0 Å². The van der Waals surface area contributed by atoms with Crippen molar-refractivity contribution in [3.8, 4) is 0 Å². The minimum atomic E-state index is -3.29. The van der Waals surface area contributed by atoms with Crippen LogP contribution in [0, 0.1) is 5.82 Å². The fourth-order valence-electron chi connectivity index (χ4n) is 2.19. The molecule has 0 bridgehead atoms. The number of aryl methyl sites for hydroxylation is 1. The highest BCUT2D eigenvalue weighted by atomic mass is 32.2. The summed E-state index contributed by atoms with van der Waals surface area (Å²) in [6.45, 7) is 1.87. The van der Waals surface area contributed by atoms with Gasteiger partial charge in [-0.25, -0.2) is 12.8 Å². The minimum absolute atomic E-state index is 0.0621. The van der Waals surface area contributed by atoms with E-state index in [1.54, 1.807) is 6.07 Å². The molecule has 0 N–H and O–H groups in total. The van der Waals surface area contributed by atoms with Crippen molar-refractivity contribution in [3.05, 3.63) is 29.6 Å². The predicted molar refractivity (Wildman–Crippen MR) is 61.5 cm³/mol. The van der Waals surface area contributed by atoms with Gasteiger partial charge in [0.1, 0.15) is 5.82 Å². The molecule has 1 atom stereocenters. The van der Waals surface area contributed by atoms with Crippen molar-refractivity contribution in [1.29, 1.82) is 0 Å². The van der Waals surface area contributed by atoms with Crippen LogP contribution in [-0.4, -0.2) is 20.7 Å². The summed E-state index contributed by atoms with van der Waals surface area (Å²) in [6, 6.07) is 4.20. The predicted octanol–water partition coefficient (Wildman–Crippen LogP) is 1.93. The van der Waals surface area contributed by atoms with Gasteiger partial charge < -0.3 is 0 Å². The Morgan fingerprint density at radius 1 is 1.44 bits per heavy atom. The second kappa shape index (κ2) is 3.73. The molecule has 2 rings (SSSR count). The van der Waals surface area contributed by atoms with Gasteiger partial charge in [0.25, 0.3) is 0 Å². The van der Waals surface area contributed by atoms with Gasteiger partial charge in [-0.05, 0) is 43.5 Å². The molecule has 1 aromatic carbocycles. The quantitative estimate of drug-likeness (QED) is 0.755. The first-order valence-electron chi connectivity index (χ1n) is 5.17. The number of anilines is 1. The highest BCUT2D eigenvalue weighted by molar-refractivity contribution is 7.92. The summed E-state index contributed by atoms with van der Waals surface area (Å²) < 4.78 is 37.8. The Hall–Kier alpha value is -1.10. The molecule has 1 aliphatic rings. The molecule has 0 aromatic heterocycles. The van der Waals surface area contributed by atoms with E-state index in [-0.39, 0.29) is 11.9 Å². The van der Waals surface area contributed by atoms with Crippen LogP contribution >= 0.6 is 0 Å². The Morgan fingerprint density at radius 2 is 2.12 bits per heavy atom. The fourth-order valence-corrected chi connectivity index (χ4v) is 3.49. The Morgan fingerprint density at radius 3 is 2.75 bits per heavy atom. The Kier molecular flexibility index (Phi) is 2.66. The third kappa shape index (κ3) is 1.91. The number of sulfonamides is 1. The van der Waals surface area contributed by atoms with Crippen molar-refractivity contribution in [2.45, 2.75) is 25.8 Å². The van der Waals surface area contributed by atoms with Crippen LogP contribution in [0.4, 0.5) is 10.1 Å². The maximum absolute atomic E-state index is 13.0. The van der Waals surface area contributed by atoms with Crippen LogP contribution in [0.5, 0.6) is 0 Å². The Balaban J connectivity index is 2.57. The summed E-state index contributed by atoms with van der Waals surface area (Å²) in [5, 5.41) is 0. The van der Waals surface area contributed by atoms with Gasteiger partial charge in [-0.15, -0.1) is 0 Å². The maximum Gasteiger partial charge on any atom is 0.232 e. The number of nitrogens with zero attached hydrogens (tertiary/aromatic N) is 1. The van der Waals surface area contributed by atoms with Gasteiger partial charge in [-0.3, -0.25) is 4.31 Å². The lowest BCUT2D eigenvalue weighted by Gasteiger charge is -2.34. The summed E-state index contributed by atoms with van der Waals surface area (Å²) in [4.78, 5) is 0. The van der Waals surface area contributed by atoms with Crippen LogP contribution in [0.3, 0.4) is 0 Å². The molecule has 1 aliphatic heterocycles. The van der Waals surface area contributed by atoms with Gasteiger partial charge in [0.2, 0.25) is 10.0 Å². The zero-order chi connectivity index (χ0) is 11.9. The van der Waals surface area contributed by atoms with E-state index < -0.39 is 10.0 Å². The summed E-state index contributed by atoms with van der Waals surface area (Å²) in [6.07, 6.45) is 2.63. The molecular formula is C11H14FNO2S. The number of halogens is 1. The van der Waals surface area contributed by atoms with Gasteiger partial charge >= 0.3 is 0 Å². The number of rotatable bonds is 1. The Bertz CT molecular complexity index is 513. The van der Waals surface area contributed by atoms with E-state index in [0.717, 1.165) is 18.4 Å². The van der Waals surface area contributed by atoms with Crippen molar-refractivity contribution < 1.29 is 12.8 Å². The Labute approximate surface area is 94.9 Å². The average molecular weight is 243 g/mol. The number of fused-ring (bicyclic) bond motifs is 1. The van der Waals surface area contributed by atoms with Gasteiger partial charge in [0.05, 0.1) is 11.9 Å². The highest BCUT2D eigenvalue weighted by Gasteiger charge is 2.29. The van der Waals surface area contributed by atoms with E-state index in [0.29, 0.717) is 5.69 Å². The molecule has 0 fully saturated rings. The second-order valence-electron chi connectivity index (χ2n) is 4.22. The average Bonchev–Trinajstić information content (AvgIpc) is 2.16. The molecule has 1 aromatic rings. The van der Waals surface area contributed by atoms with E-state index in [9.17, 15) is 12.8 Å². The lowest BCUT2D eigenvalue weighted by atomic mass is 9.99. The molecule has 0 unspecified atom stereocenters. The molecule has 16 heavy (non-hydrogen) atoms. The topological polar surface area (TPSA) is 37.4 Å². The smallest absolute Gasteiger partial charge is 0.232 e. The summed E-state index contributed by atoms with van der Waals surface area (Å²) >= 11 is 0. The summed E-state index contributed by atoms with van der Waals surface area (Å²) in [5.41, 5.74) is 1.38. The molecule has 0 saturated carbocycles. The second-order valence-corrected chi connectivity index (χ2v) is 6.08. The van der Waals surface area contributed by atoms with E-state index in [1.165, 1.54) is 22.7 Å². The first kappa shape index (κ1) is 11.4. The van der Waals surface area contributed by atoms with Gasteiger partial charge in [-0.2, -0.15) is 0 Å². The maximum atomic E-state index is 13.0. The summed E-state index contributed by atoms with van der Waals surface area (Å²) in [7, 11) is -3.29. The first-order valence-corrected chi connectivity index (χ1v) is 7.02. The SMILES string of the molecule is C[C@H]1CCc2cc(F)ccc2N1S(C)(=O)=O. The largest absolute Gasteiger partial charge is 0.267 e. The minimum Gasteiger partial charge on any atom is -0.267 e. The molecular weight excluding hydrogens is 229 g/mol. The normalized spacial score (nSPS) is 20.7. The molecule has 0 radical (unpaired) electrons. The number of hydrogen-bond donors (Lipinski definition) is 0.